The topological polar surface area (TPSA) is 92.1 Å². The SMILES string of the molecule is COc1cccc(-c2nn3c(=O)cc(CN4CCN(C(=O)Nc5ccc(F)c(Cl)c5)CC4)nc3s2)c1. The Morgan fingerprint density at radius 2 is 1.97 bits per heavy atom. The summed E-state index contributed by atoms with van der Waals surface area (Å²) < 4.78 is 19.9. The largest absolute Gasteiger partial charge is 0.497 e. The maximum absolute atomic E-state index is 13.3. The van der Waals surface area contributed by atoms with Crippen molar-refractivity contribution in [2.24, 2.45) is 0 Å². The van der Waals surface area contributed by atoms with Gasteiger partial charge in [0.15, 0.2) is 0 Å². The number of amides is 2. The van der Waals surface area contributed by atoms with Crippen LogP contribution in [0.2, 0.25) is 5.02 Å². The maximum Gasteiger partial charge on any atom is 0.321 e. The summed E-state index contributed by atoms with van der Waals surface area (Å²) in [5, 5.41) is 7.80. The second kappa shape index (κ2) is 10.2. The van der Waals surface area contributed by atoms with Crippen LogP contribution >= 0.6 is 22.9 Å². The number of benzene rings is 2. The summed E-state index contributed by atoms with van der Waals surface area (Å²) in [6.45, 7) is 2.74. The Morgan fingerprint density at radius 1 is 1.17 bits per heavy atom. The Kier molecular flexibility index (Phi) is 6.86. The number of fused-ring (bicyclic) bond motifs is 1. The lowest BCUT2D eigenvalue weighted by atomic mass is 10.2. The van der Waals surface area contributed by atoms with Gasteiger partial charge in [-0.1, -0.05) is 35.1 Å². The van der Waals surface area contributed by atoms with Gasteiger partial charge in [-0.2, -0.15) is 9.61 Å². The average Bonchev–Trinajstić information content (AvgIpc) is 3.32. The number of hydrogen-bond donors (Lipinski definition) is 1. The van der Waals surface area contributed by atoms with Crippen LogP contribution in [0.1, 0.15) is 5.69 Å². The smallest absolute Gasteiger partial charge is 0.321 e. The van der Waals surface area contributed by atoms with Crippen molar-refractivity contribution < 1.29 is 13.9 Å². The summed E-state index contributed by atoms with van der Waals surface area (Å²) in [7, 11) is 1.60. The summed E-state index contributed by atoms with van der Waals surface area (Å²) in [5.74, 6) is 0.173. The van der Waals surface area contributed by atoms with E-state index in [0.717, 1.165) is 5.56 Å². The molecule has 2 aromatic heterocycles. The van der Waals surface area contributed by atoms with Crippen molar-refractivity contribution in [3.63, 3.8) is 0 Å². The second-order valence-electron chi connectivity index (χ2n) is 8.24. The third-order valence-electron chi connectivity index (χ3n) is 5.83. The number of piperazine rings is 1. The normalized spacial score (nSPS) is 14.2. The van der Waals surface area contributed by atoms with Crippen molar-refractivity contribution in [3.05, 3.63) is 75.4 Å². The highest BCUT2D eigenvalue weighted by Gasteiger charge is 2.22. The molecule has 1 N–H and O–H groups in total. The van der Waals surface area contributed by atoms with E-state index in [1.807, 2.05) is 24.3 Å². The molecule has 9 nitrogen and oxygen atoms in total. The molecule has 36 heavy (non-hydrogen) atoms. The molecule has 3 heterocycles. The van der Waals surface area contributed by atoms with Crippen molar-refractivity contribution in [1.29, 1.82) is 0 Å². The van der Waals surface area contributed by atoms with Crippen molar-refractivity contribution in [1.82, 2.24) is 24.4 Å². The first-order chi connectivity index (χ1) is 17.4. The standard InChI is InChI=1S/C24H22ClFN6O3S/c1-35-18-4-2-3-15(11-18)22-29-32-21(33)13-17(28-24(32)36-22)14-30-7-9-31(10-8-30)23(34)27-16-5-6-20(26)19(25)12-16/h2-6,11-13H,7-10,14H2,1H3,(H,27,34). The molecule has 0 unspecified atom stereocenters. The first-order valence-corrected chi connectivity index (χ1v) is 12.4. The van der Waals surface area contributed by atoms with Gasteiger partial charge in [-0.3, -0.25) is 9.69 Å². The van der Waals surface area contributed by atoms with Crippen LogP contribution in [0.25, 0.3) is 15.5 Å². The minimum Gasteiger partial charge on any atom is -0.497 e. The summed E-state index contributed by atoms with van der Waals surface area (Å²) in [4.78, 5) is 34.3. The summed E-state index contributed by atoms with van der Waals surface area (Å²) in [5.41, 5.74) is 1.70. The fourth-order valence-electron chi connectivity index (χ4n) is 3.92. The molecule has 1 aliphatic rings. The molecule has 0 spiro atoms. The number of halogens is 2. The van der Waals surface area contributed by atoms with Gasteiger partial charge in [0.05, 0.1) is 17.8 Å². The highest BCUT2D eigenvalue weighted by Crippen LogP contribution is 2.27. The summed E-state index contributed by atoms with van der Waals surface area (Å²) in [6.07, 6.45) is 0. The number of nitrogens with one attached hydrogen (secondary N) is 1. The molecule has 1 fully saturated rings. The first kappa shape index (κ1) is 24.2. The van der Waals surface area contributed by atoms with E-state index in [1.165, 1.54) is 40.1 Å². The van der Waals surface area contributed by atoms with Crippen LogP contribution in [0, 0.1) is 5.82 Å². The highest BCUT2D eigenvalue weighted by molar-refractivity contribution is 7.19. The number of urea groups is 1. The van der Waals surface area contributed by atoms with Crippen molar-refractivity contribution in [2.45, 2.75) is 6.54 Å². The number of ether oxygens (including phenoxy) is 1. The number of carbonyl (C=O) groups excluding carboxylic acids is 1. The van der Waals surface area contributed by atoms with Gasteiger partial charge >= 0.3 is 6.03 Å². The molecule has 1 aliphatic heterocycles. The van der Waals surface area contributed by atoms with Gasteiger partial charge in [-0.15, -0.1) is 0 Å². The third kappa shape index (κ3) is 5.18. The molecule has 186 valence electrons. The zero-order chi connectivity index (χ0) is 25.2. The second-order valence-corrected chi connectivity index (χ2v) is 9.60. The Labute approximate surface area is 214 Å². The predicted molar refractivity (Wildman–Crippen MR) is 136 cm³/mol. The quantitative estimate of drug-likeness (QED) is 0.421. The lowest BCUT2D eigenvalue weighted by molar-refractivity contribution is 0.142. The van der Waals surface area contributed by atoms with Crippen molar-refractivity contribution in [3.8, 4) is 16.3 Å². The van der Waals surface area contributed by atoms with Gasteiger partial charge in [0.25, 0.3) is 5.56 Å². The van der Waals surface area contributed by atoms with Gasteiger partial charge in [0.2, 0.25) is 4.96 Å². The molecule has 0 aliphatic carbocycles. The molecule has 1 saturated heterocycles. The average molecular weight is 529 g/mol. The van der Waals surface area contributed by atoms with E-state index < -0.39 is 5.82 Å². The summed E-state index contributed by atoms with van der Waals surface area (Å²) in [6, 6.07) is 12.8. The molecule has 12 heteroatoms. The van der Waals surface area contributed by atoms with Gasteiger partial charge in [-0.05, 0) is 30.3 Å². The molecule has 2 amide bonds. The lowest BCUT2D eigenvalue weighted by Crippen LogP contribution is -2.49. The molecular weight excluding hydrogens is 507 g/mol. The van der Waals surface area contributed by atoms with Gasteiger partial charge in [0.1, 0.15) is 16.6 Å². The highest BCUT2D eigenvalue weighted by atomic mass is 35.5. The molecule has 4 aromatic rings. The molecule has 5 rings (SSSR count). The number of methoxy groups -OCH3 is 1. The van der Waals surface area contributed by atoms with Gasteiger partial charge in [0, 0.05) is 50.0 Å². The monoisotopic (exact) mass is 528 g/mol. The zero-order valence-corrected chi connectivity index (χ0v) is 20.9. The minimum absolute atomic E-state index is 0.0467. The fraction of sp³-hybridized carbons (Fsp3) is 0.250. The van der Waals surface area contributed by atoms with Crippen molar-refractivity contribution in [2.75, 3.05) is 38.6 Å². The number of nitrogens with zero attached hydrogens (tertiary/aromatic N) is 5. The zero-order valence-electron chi connectivity index (χ0n) is 19.3. The van der Waals surface area contributed by atoms with Crippen LogP contribution in [-0.4, -0.2) is 63.7 Å². The molecular formula is C24H22ClFN6O3S. The Balaban J connectivity index is 1.23. The number of rotatable bonds is 5. The Hall–Kier alpha value is -3.54. The number of carbonyl (C=O) groups is 1. The molecule has 0 bridgehead atoms. The molecule has 0 radical (unpaired) electrons. The molecule has 0 saturated carbocycles. The van der Waals surface area contributed by atoms with E-state index in [1.54, 1.807) is 12.0 Å². The fourth-order valence-corrected chi connectivity index (χ4v) is 5.03. The number of anilines is 1. The van der Waals surface area contributed by atoms with Crippen LogP contribution in [0.15, 0.2) is 53.3 Å². The molecule has 2 aromatic carbocycles. The minimum atomic E-state index is -0.537. The number of hydrogen-bond acceptors (Lipinski definition) is 7. The van der Waals surface area contributed by atoms with E-state index in [-0.39, 0.29) is 16.6 Å². The number of aromatic nitrogens is 3. The van der Waals surface area contributed by atoms with E-state index in [0.29, 0.717) is 59.8 Å². The Bertz CT molecular complexity index is 1480. The predicted octanol–water partition coefficient (Wildman–Crippen LogP) is 3.97. The van der Waals surface area contributed by atoms with Gasteiger partial charge in [-0.25, -0.2) is 14.2 Å². The lowest BCUT2D eigenvalue weighted by Gasteiger charge is -2.34. The van der Waals surface area contributed by atoms with Crippen LogP contribution in [0.3, 0.4) is 0 Å². The van der Waals surface area contributed by atoms with Crippen LogP contribution in [-0.2, 0) is 6.54 Å². The Morgan fingerprint density at radius 3 is 2.72 bits per heavy atom. The van der Waals surface area contributed by atoms with Crippen molar-refractivity contribution >= 4 is 39.6 Å². The third-order valence-corrected chi connectivity index (χ3v) is 7.08. The maximum atomic E-state index is 13.3. The van der Waals surface area contributed by atoms with E-state index in [9.17, 15) is 14.0 Å². The molecule has 0 atom stereocenters. The van der Waals surface area contributed by atoms with E-state index >= 15 is 0 Å². The van der Waals surface area contributed by atoms with E-state index in [2.05, 4.69) is 20.3 Å². The van der Waals surface area contributed by atoms with Gasteiger partial charge < -0.3 is 15.0 Å². The van der Waals surface area contributed by atoms with Crippen LogP contribution in [0.5, 0.6) is 5.75 Å². The van der Waals surface area contributed by atoms with Crippen LogP contribution < -0.4 is 15.6 Å². The summed E-state index contributed by atoms with van der Waals surface area (Å²) >= 11 is 7.13. The van der Waals surface area contributed by atoms with Crippen LogP contribution in [0.4, 0.5) is 14.9 Å². The van der Waals surface area contributed by atoms with E-state index in [4.69, 9.17) is 16.3 Å². The first-order valence-electron chi connectivity index (χ1n) is 11.2.